The second-order valence-electron chi connectivity index (χ2n) is 3.68. The minimum atomic E-state index is -4.35. The van der Waals surface area contributed by atoms with E-state index in [1.165, 1.54) is 22.6 Å². The zero-order valence-corrected chi connectivity index (χ0v) is 13.4. The number of nitro groups is 1. The Hall–Kier alpha value is -0.860. The standard InChI is InChI=1S/C8H8FIN2O6S2/c9-5-3-8(7(12(13)14)4-6(5)10)19(15,16)1-2-20(11,17)18/h3-4H,1-2H2,(H2,11,17,18). The Morgan fingerprint density at radius 2 is 1.80 bits per heavy atom. The van der Waals surface area contributed by atoms with E-state index in [0.717, 1.165) is 6.07 Å². The maximum absolute atomic E-state index is 13.4. The van der Waals surface area contributed by atoms with Gasteiger partial charge in [0.15, 0.2) is 9.84 Å². The summed E-state index contributed by atoms with van der Waals surface area (Å²) in [5.74, 6) is -2.84. The molecule has 0 aliphatic heterocycles. The Morgan fingerprint density at radius 3 is 2.25 bits per heavy atom. The molecule has 0 amide bonds. The van der Waals surface area contributed by atoms with Gasteiger partial charge in [-0.25, -0.2) is 26.4 Å². The summed E-state index contributed by atoms with van der Waals surface area (Å²) >= 11 is 1.47. The molecule has 0 aliphatic rings. The smallest absolute Gasteiger partial charge is 0.258 e. The Bertz CT molecular complexity index is 761. The molecule has 0 aliphatic carbocycles. The summed E-state index contributed by atoms with van der Waals surface area (Å²) in [6.07, 6.45) is 0. The van der Waals surface area contributed by atoms with E-state index in [2.05, 4.69) is 5.14 Å². The van der Waals surface area contributed by atoms with Gasteiger partial charge in [0.05, 0.1) is 20.0 Å². The van der Waals surface area contributed by atoms with Crippen molar-refractivity contribution in [3.8, 4) is 0 Å². The van der Waals surface area contributed by atoms with Crippen LogP contribution in [0, 0.1) is 19.5 Å². The first kappa shape index (κ1) is 17.2. The third-order valence-electron chi connectivity index (χ3n) is 2.17. The molecular formula is C8H8FIN2O6S2. The van der Waals surface area contributed by atoms with Crippen LogP contribution >= 0.6 is 22.6 Å². The van der Waals surface area contributed by atoms with Crippen molar-refractivity contribution in [3.05, 3.63) is 31.6 Å². The van der Waals surface area contributed by atoms with Crippen LogP contribution in [0.25, 0.3) is 0 Å². The third kappa shape index (κ3) is 4.32. The zero-order valence-electron chi connectivity index (χ0n) is 9.62. The molecular weight excluding hydrogens is 430 g/mol. The van der Waals surface area contributed by atoms with Crippen LogP contribution in [-0.4, -0.2) is 33.3 Å². The summed E-state index contributed by atoms with van der Waals surface area (Å²) < 4.78 is 58.5. The average molecular weight is 438 g/mol. The van der Waals surface area contributed by atoms with Gasteiger partial charge in [-0.1, -0.05) is 0 Å². The number of nitro benzene ring substituents is 1. The van der Waals surface area contributed by atoms with E-state index >= 15 is 0 Å². The second-order valence-corrected chi connectivity index (χ2v) is 8.65. The number of sulfone groups is 1. The molecule has 0 radical (unpaired) electrons. The lowest BCUT2D eigenvalue weighted by Gasteiger charge is -2.06. The van der Waals surface area contributed by atoms with E-state index in [4.69, 9.17) is 0 Å². The van der Waals surface area contributed by atoms with Crippen molar-refractivity contribution in [3.63, 3.8) is 0 Å². The van der Waals surface area contributed by atoms with Gasteiger partial charge >= 0.3 is 0 Å². The SMILES string of the molecule is NS(=O)(=O)CCS(=O)(=O)c1cc(F)c(I)cc1[N+](=O)[O-]. The first-order valence-electron chi connectivity index (χ1n) is 4.81. The van der Waals surface area contributed by atoms with E-state index in [1.807, 2.05) is 0 Å². The van der Waals surface area contributed by atoms with Crippen LogP contribution in [0.1, 0.15) is 0 Å². The Labute approximate surface area is 127 Å². The normalized spacial score (nSPS) is 12.3. The maximum atomic E-state index is 13.4. The Morgan fingerprint density at radius 1 is 1.25 bits per heavy atom. The fourth-order valence-electron chi connectivity index (χ4n) is 1.25. The average Bonchev–Trinajstić information content (AvgIpc) is 2.28. The number of sulfonamides is 1. The van der Waals surface area contributed by atoms with Crippen molar-refractivity contribution in [1.82, 2.24) is 0 Å². The number of halogens is 2. The van der Waals surface area contributed by atoms with Gasteiger partial charge in [-0.3, -0.25) is 10.1 Å². The molecule has 0 atom stereocenters. The molecule has 0 spiro atoms. The van der Waals surface area contributed by atoms with Gasteiger partial charge in [-0.2, -0.15) is 0 Å². The van der Waals surface area contributed by atoms with Crippen molar-refractivity contribution in [2.45, 2.75) is 4.90 Å². The summed E-state index contributed by atoms with van der Waals surface area (Å²) in [6.45, 7) is 0. The van der Waals surface area contributed by atoms with E-state index in [0.29, 0.717) is 6.07 Å². The lowest BCUT2D eigenvalue weighted by Crippen LogP contribution is -2.23. The number of primary sulfonamides is 1. The van der Waals surface area contributed by atoms with Gasteiger partial charge in [0.2, 0.25) is 10.0 Å². The zero-order chi connectivity index (χ0) is 15.7. The monoisotopic (exact) mass is 438 g/mol. The number of nitrogens with two attached hydrogens (primary N) is 1. The first-order valence-corrected chi connectivity index (χ1v) is 9.25. The van der Waals surface area contributed by atoms with Crippen molar-refractivity contribution < 1.29 is 26.1 Å². The van der Waals surface area contributed by atoms with E-state index in [1.54, 1.807) is 0 Å². The molecule has 0 saturated carbocycles. The summed E-state index contributed by atoms with van der Waals surface area (Å²) in [5.41, 5.74) is -0.815. The molecule has 112 valence electrons. The van der Waals surface area contributed by atoms with Crippen LogP contribution < -0.4 is 5.14 Å². The van der Waals surface area contributed by atoms with Crippen LogP contribution in [0.15, 0.2) is 17.0 Å². The van der Waals surface area contributed by atoms with Crippen LogP contribution in [0.4, 0.5) is 10.1 Å². The molecule has 8 nitrogen and oxygen atoms in total. The first-order chi connectivity index (χ1) is 8.94. The van der Waals surface area contributed by atoms with Gasteiger partial charge < -0.3 is 0 Å². The molecule has 2 N–H and O–H groups in total. The molecule has 0 saturated heterocycles. The van der Waals surface area contributed by atoms with Crippen molar-refractivity contribution in [1.29, 1.82) is 0 Å². The van der Waals surface area contributed by atoms with Crippen LogP contribution in [0.5, 0.6) is 0 Å². The molecule has 12 heteroatoms. The highest BCUT2D eigenvalue weighted by Gasteiger charge is 2.28. The molecule has 0 heterocycles. The highest BCUT2D eigenvalue weighted by atomic mass is 127. The quantitative estimate of drug-likeness (QED) is 0.402. The van der Waals surface area contributed by atoms with Crippen LogP contribution in [-0.2, 0) is 19.9 Å². The van der Waals surface area contributed by atoms with Gasteiger partial charge in [-0.05, 0) is 22.6 Å². The molecule has 20 heavy (non-hydrogen) atoms. The fraction of sp³-hybridized carbons (Fsp3) is 0.250. The largest absolute Gasteiger partial charge is 0.289 e. The Kier molecular flexibility index (Phi) is 5.04. The summed E-state index contributed by atoms with van der Waals surface area (Å²) in [6, 6.07) is 1.26. The number of nitrogens with zero attached hydrogens (tertiary/aromatic N) is 1. The number of benzene rings is 1. The molecule has 0 aromatic heterocycles. The van der Waals surface area contributed by atoms with Crippen molar-refractivity contribution in [2.24, 2.45) is 5.14 Å². The van der Waals surface area contributed by atoms with Gasteiger partial charge in [0.25, 0.3) is 5.69 Å². The highest BCUT2D eigenvalue weighted by molar-refractivity contribution is 14.1. The topological polar surface area (TPSA) is 137 Å². The maximum Gasteiger partial charge on any atom is 0.289 e. The summed E-state index contributed by atoms with van der Waals surface area (Å²) in [5, 5.41) is 15.5. The summed E-state index contributed by atoms with van der Waals surface area (Å²) in [4.78, 5) is 8.95. The molecule has 1 rings (SSSR count). The van der Waals surface area contributed by atoms with E-state index < -0.39 is 52.7 Å². The lowest BCUT2D eigenvalue weighted by atomic mass is 10.3. The van der Waals surface area contributed by atoms with E-state index in [-0.39, 0.29) is 3.57 Å². The molecule has 1 aromatic rings. The van der Waals surface area contributed by atoms with Crippen molar-refractivity contribution in [2.75, 3.05) is 11.5 Å². The van der Waals surface area contributed by atoms with Crippen LogP contribution in [0.3, 0.4) is 0 Å². The van der Waals surface area contributed by atoms with Gasteiger partial charge in [0.1, 0.15) is 10.7 Å². The fourth-order valence-corrected chi connectivity index (χ4v) is 4.46. The molecule has 0 bridgehead atoms. The Balaban J connectivity index is 3.37. The number of hydrogen-bond donors (Lipinski definition) is 1. The number of hydrogen-bond acceptors (Lipinski definition) is 6. The van der Waals surface area contributed by atoms with Gasteiger partial charge in [0, 0.05) is 12.1 Å². The van der Waals surface area contributed by atoms with Crippen molar-refractivity contribution >= 4 is 48.1 Å². The minimum Gasteiger partial charge on any atom is -0.258 e. The third-order valence-corrected chi connectivity index (χ3v) is 5.77. The lowest BCUT2D eigenvalue weighted by molar-refractivity contribution is -0.388. The molecule has 0 unspecified atom stereocenters. The molecule has 1 aromatic carbocycles. The predicted molar refractivity (Wildman–Crippen MR) is 75.8 cm³/mol. The summed E-state index contributed by atoms with van der Waals surface area (Å²) in [7, 11) is -8.41. The minimum absolute atomic E-state index is 0.125. The molecule has 0 fully saturated rings. The van der Waals surface area contributed by atoms with E-state index in [9.17, 15) is 31.3 Å². The second kappa shape index (κ2) is 5.87. The van der Waals surface area contributed by atoms with Crippen LogP contribution in [0.2, 0.25) is 0 Å². The number of rotatable bonds is 5. The highest BCUT2D eigenvalue weighted by Crippen LogP contribution is 2.28. The predicted octanol–water partition coefficient (Wildman–Crippen LogP) is 0.401. The van der Waals surface area contributed by atoms with Gasteiger partial charge in [-0.15, -0.1) is 0 Å².